The summed E-state index contributed by atoms with van der Waals surface area (Å²) in [5.74, 6) is -0.472. The van der Waals surface area contributed by atoms with Crippen molar-refractivity contribution >= 4 is 5.97 Å². The molecule has 0 fully saturated rings. The highest BCUT2D eigenvalue weighted by Gasteiger charge is 2.33. The molecule has 100 valence electrons. The average Bonchev–Trinajstić information content (AvgIpc) is 2.82. The zero-order valence-electron chi connectivity index (χ0n) is 11.5. The number of carboxylic acid groups (broad SMARTS) is 1. The summed E-state index contributed by atoms with van der Waals surface area (Å²) >= 11 is 0. The maximum absolute atomic E-state index is 11.2. The third-order valence-electron chi connectivity index (χ3n) is 3.43. The number of hydrogen-bond acceptors (Lipinski definition) is 3. The Morgan fingerprint density at radius 3 is 2.53 bits per heavy atom. The highest BCUT2D eigenvalue weighted by atomic mass is 16.4. The lowest BCUT2D eigenvalue weighted by Gasteiger charge is -2.14. The molecule has 1 N–H and O–H groups in total. The summed E-state index contributed by atoms with van der Waals surface area (Å²) in [6.45, 7) is 7.27. The number of carboxylic acids is 1. The van der Waals surface area contributed by atoms with Crippen LogP contribution in [0.3, 0.4) is 0 Å². The molecule has 1 aromatic heterocycles. The van der Waals surface area contributed by atoms with Crippen molar-refractivity contribution in [2.24, 2.45) is 0 Å². The van der Waals surface area contributed by atoms with Gasteiger partial charge in [-0.15, -0.1) is 0 Å². The SMILES string of the molecule is Cc1ccc(-c2nc(C(C)(C)C(=O)O)co2)cc1C. The van der Waals surface area contributed by atoms with E-state index in [2.05, 4.69) is 4.98 Å². The van der Waals surface area contributed by atoms with Gasteiger partial charge < -0.3 is 9.52 Å². The molecule has 0 amide bonds. The van der Waals surface area contributed by atoms with Gasteiger partial charge in [0.1, 0.15) is 11.7 Å². The van der Waals surface area contributed by atoms with Crippen LogP contribution in [-0.2, 0) is 10.2 Å². The number of carbonyl (C=O) groups is 1. The second-order valence-corrected chi connectivity index (χ2v) is 5.27. The van der Waals surface area contributed by atoms with Crippen LogP contribution in [0.15, 0.2) is 28.9 Å². The van der Waals surface area contributed by atoms with Gasteiger partial charge in [0, 0.05) is 5.56 Å². The molecular formula is C15H17NO3. The molecule has 2 aromatic rings. The third kappa shape index (κ3) is 2.38. The molecule has 2 rings (SSSR count). The van der Waals surface area contributed by atoms with E-state index in [4.69, 9.17) is 4.42 Å². The Hall–Kier alpha value is -2.10. The standard InChI is InChI=1S/C15H17NO3/c1-9-5-6-11(7-10(9)2)13-16-12(8-19-13)15(3,4)14(17)18/h5-8H,1-4H3,(H,17,18). The topological polar surface area (TPSA) is 63.3 Å². The van der Waals surface area contributed by atoms with Crippen LogP contribution < -0.4 is 0 Å². The summed E-state index contributed by atoms with van der Waals surface area (Å²) in [5, 5.41) is 9.17. The van der Waals surface area contributed by atoms with Crippen molar-refractivity contribution in [2.45, 2.75) is 33.1 Å². The van der Waals surface area contributed by atoms with E-state index < -0.39 is 11.4 Å². The highest BCUT2D eigenvalue weighted by Crippen LogP contribution is 2.27. The molecule has 0 radical (unpaired) electrons. The van der Waals surface area contributed by atoms with Crippen molar-refractivity contribution in [1.82, 2.24) is 4.98 Å². The van der Waals surface area contributed by atoms with Gasteiger partial charge >= 0.3 is 5.97 Å². The number of nitrogens with zero attached hydrogens (tertiary/aromatic N) is 1. The van der Waals surface area contributed by atoms with E-state index in [0.717, 1.165) is 11.1 Å². The van der Waals surface area contributed by atoms with Crippen LogP contribution >= 0.6 is 0 Å². The number of rotatable bonds is 3. The first-order chi connectivity index (χ1) is 8.82. The Balaban J connectivity index is 2.41. The maximum atomic E-state index is 11.2. The molecule has 1 aromatic carbocycles. The normalized spacial score (nSPS) is 11.6. The van der Waals surface area contributed by atoms with Crippen molar-refractivity contribution in [2.75, 3.05) is 0 Å². The van der Waals surface area contributed by atoms with Crippen LogP contribution in [0.4, 0.5) is 0 Å². The third-order valence-corrected chi connectivity index (χ3v) is 3.43. The first-order valence-electron chi connectivity index (χ1n) is 6.09. The maximum Gasteiger partial charge on any atom is 0.315 e. The lowest BCUT2D eigenvalue weighted by atomic mass is 9.90. The fraction of sp³-hybridized carbons (Fsp3) is 0.333. The number of aryl methyl sites for hydroxylation is 2. The Kier molecular flexibility index (Phi) is 3.18. The predicted molar refractivity (Wildman–Crippen MR) is 72.1 cm³/mol. The second kappa shape index (κ2) is 4.53. The smallest absolute Gasteiger partial charge is 0.315 e. The molecule has 0 saturated carbocycles. The summed E-state index contributed by atoms with van der Waals surface area (Å²) in [5.41, 5.74) is 2.57. The van der Waals surface area contributed by atoms with Gasteiger partial charge in [0.25, 0.3) is 0 Å². The highest BCUT2D eigenvalue weighted by molar-refractivity contribution is 5.79. The summed E-state index contributed by atoms with van der Waals surface area (Å²) in [6, 6.07) is 5.90. The summed E-state index contributed by atoms with van der Waals surface area (Å²) < 4.78 is 5.41. The van der Waals surface area contributed by atoms with Gasteiger partial charge in [-0.2, -0.15) is 0 Å². The molecular weight excluding hydrogens is 242 g/mol. The number of aliphatic carboxylic acids is 1. The van der Waals surface area contributed by atoms with E-state index in [9.17, 15) is 9.90 Å². The first kappa shape index (κ1) is 13.3. The van der Waals surface area contributed by atoms with E-state index in [1.165, 1.54) is 11.8 Å². The Morgan fingerprint density at radius 1 is 1.26 bits per heavy atom. The quantitative estimate of drug-likeness (QED) is 0.918. The molecule has 19 heavy (non-hydrogen) atoms. The van der Waals surface area contributed by atoms with Gasteiger partial charge in [0.05, 0.1) is 5.69 Å². The van der Waals surface area contributed by atoms with Crippen molar-refractivity contribution < 1.29 is 14.3 Å². The van der Waals surface area contributed by atoms with Crippen LogP contribution in [0, 0.1) is 13.8 Å². The first-order valence-corrected chi connectivity index (χ1v) is 6.09. The largest absolute Gasteiger partial charge is 0.481 e. The van der Waals surface area contributed by atoms with Crippen molar-refractivity contribution in [1.29, 1.82) is 0 Å². The van der Waals surface area contributed by atoms with Gasteiger partial charge in [-0.25, -0.2) is 4.98 Å². The van der Waals surface area contributed by atoms with Gasteiger partial charge in [0.2, 0.25) is 5.89 Å². The van der Waals surface area contributed by atoms with Gasteiger partial charge in [-0.05, 0) is 51.0 Å². The van der Waals surface area contributed by atoms with Gasteiger partial charge in [-0.1, -0.05) is 6.07 Å². The Labute approximate surface area is 112 Å². The van der Waals surface area contributed by atoms with E-state index in [1.54, 1.807) is 13.8 Å². The van der Waals surface area contributed by atoms with Crippen molar-refractivity contribution in [3.63, 3.8) is 0 Å². The fourth-order valence-electron chi connectivity index (χ4n) is 1.68. The zero-order chi connectivity index (χ0) is 14.2. The number of aromatic nitrogens is 1. The molecule has 1 heterocycles. The Bertz CT molecular complexity index is 626. The minimum atomic E-state index is -1.05. The molecule has 0 bridgehead atoms. The number of hydrogen-bond donors (Lipinski definition) is 1. The van der Waals surface area contributed by atoms with Crippen molar-refractivity contribution in [3.8, 4) is 11.5 Å². The van der Waals surface area contributed by atoms with Crippen LogP contribution in [0.1, 0.15) is 30.7 Å². The van der Waals surface area contributed by atoms with Crippen LogP contribution in [0.2, 0.25) is 0 Å². The molecule has 4 nitrogen and oxygen atoms in total. The van der Waals surface area contributed by atoms with E-state index in [1.807, 2.05) is 32.0 Å². The average molecular weight is 259 g/mol. The summed E-state index contributed by atoms with van der Waals surface area (Å²) in [7, 11) is 0. The molecule has 0 atom stereocenters. The minimum Gasteiger partial charge on any atom is -0.481 e. The predicted octanol–water partition coefficient (Wildman–Crippen LogP) is 3.32. The number of benzene rings is 1. The molecule has 0 unspecified atom stereocenters. The Morgan fingerprint density at radius 2 is 1.95 bits per heavy atom. The molecule has 0 aliphatic rings. The minimum absolute atomic E-state index is 0.424. The van der Waals surface area contributed by atoms with E-state index in [0.29, 0.717) is 11.6 Å². The molecule has 0 aliphatic carbocycles. The lowest BCUT2D eigenvalue weighted by Crippen LogP contribution is -2.28. The van der Waals surface area contributed by atoms with Crippen LogP contribution in [0.5, 0.6) is 0 Å². The molecule has 0 saturated heterocycles. The molecule has 4 heteroatoms. The summed E-state index contributed by atoms with van der Waals surface area (Å²) in [4.78, 5) is 15.5. The zero-order valence-corrected chi connectivity index (χ0v) is 11.5. The summed E-state index contributed by atoms with van der Waals surface area (Å²) in [6.07, 6.45) is 1.42. The number of oxazole rings is 1. The lowest BCUT2D eigenvalue weighted by molar-refractivity contribution is -0.142. The van der Waals surface area contributed by atoms with Gasteiger partial charge in [-0.3, -0.25) is 4.79 Å². The molecule has 0 aliphatic heterocycles. The van der Waals surface area contributed by atoms with E-state index >= 15 is 0 Å². The van der Waals surface area contributed by atoms with E-state index in [-0.39, 0.29) is 0 Å². The van der Waals surface area contributed by atoms with Crippen LogP contribution in [0.25, 0.3) is 11.5 Å². The molecule has 0 spiro atoms. The van der Waals surface area contributed by atoms with Gasteiger partial charge in [0.15, 0.2) is 0 Å². The monoisotopic (exact) mass is 259 g/mol. The van der Waals surface area contributed by atoms with Crippen LogP contribution in [-0.4, -0.2) is 16.1 Å². The second-order valence-electron chi connectivity index (χ2n) is 5.27. The fourth-order valence-corrected chi connectivity index (χ4v) is 1.68. The van der Waals surface area contributed by atoms with Crippen molar-refractivity contribution in [3.05, 3.63) is 41.3 Å².